The summed E-state index contributed by atoms with van der Waals surface area (Å²) in [5.41, 5.74) is 0. The molecule has 6 heteroatoms. The third-order valence-electron chi connectivity index (χ3n) is 5.90. The standard InChI is InChI=1S/2C8H13Si.C7H9Si.2ClH.Zr/c2*1-9(2,3)8-6-4-5-7-8;1-8-7-5-3-2-4-6-7;;;/h2*6-7H,4H2,1-3H3;2-6,8H,1H3;2*1H;/q;;;;;+2/p-2. The van der Waals surface area contributed by atoms with Crippen LogP contribution >= 0.6 is 0 Å². The predicted octanol–water partition coefficient (Wildman–Crippen LogP) is 0.0562. The Morgan fingerprint density at radius 3 is 1.48 bits per heavy atom. The van der Waals surface area contributed by atoms with Crippen LogP contribution in [0.5, 0.6) is 0 Å². The largest absolute Gasteiger partial charge is 1.00 e. The van der Waals surface area contributed by atoms with Crippen LogP contribution in [0.15, 0.2) is 71.6 Å². The fourth-order valence-electron chi connectivity index (χ4n) is 4.14. The molecule has 0 nitrogen and oxygen atoms in total. The van der Waals surface area contributed by atoms with Gasteiger partial charge in [-0.1, -0.05) is 0 Å². The van der Waals surface area contributed by atoms with Crippen LogP contribution in [0.25, 0.3) is 0 Å². The molecule has 0 radical (unpaired) electrons. The van der Waals surface area contributed by atoms with Crippen LogP contribution in [0.1, 0.15) is 12.8 Å². The molecule has 2 aliphatic rings. The van der Waals surface area contributed by atoms with Crippen molar-refractivity contribution in [1.29, 1.82) is 0 Å². The van der Waals surface area contributed by atoms with Gasteiger partial charge in [-0.15, -0.1) is 0 Å². The van der Waals surface area contributed by atoms with Crippen LogP contribution in [0.2, 0.25) is 45.8 Å². The second-order valence-electron chi connectivity index (χ2n) is 10.1. The van der Waals surface area contributed by atoms with Crippen LogP contribution in [0.4, 0.5) is 0 Å². The number of benzene rings is 1. The molecular weight excluding hydrogens is 523 g/mol. The van der Waals surface area contributed by atoms with Gasteiger partial charge in [0.1, 0.15) is 0 Å². The minimum absolute atomic E-state index is 0. The molecule has 1 atom stereocenters. The Hall–Kier alpha value is 0.294. The second kappa shape index (κ2) is 10.7. The molecule has 157 valence electrons. The first-order valence-corrected chi connectivity index (χ1v) is 26.3. The van der Waals surface area contributed by atoms with Gasteiger partial charge in [-0.3, -0.25) is 0 Å². The van der Waals surface area contributed by atoms with Crippen molar-refractivity contribution in [1.82, 2.24) is 0 Å². The molecule has 1 aromatic carbocycles. The van der Waals surface area contributed by atoms with Crippen molar-refractivity contribution in [3.63, 3.8) is 0 Å². The normalized spacial score (nSPS) is 17.3. The molecule has 29 heavy (non-hydrogen) atoms. The van der Waals surface area contributed by atoms with Gasteiger partial charge in [0, 0.05) is 0 Å². The molecule has 1 unspecified atom stereocenters. The number of hydrogen-bond donors (Lipinski definition) is 0. The van der Waals surface area contributed by atoms with Crippen LogP contribution < -0.4 is 30.0 Å². The molecule has 3 rings (SSSR count). The summed E-state index contributed by atoms with van der Waals surface area (Å²) in [7, 11) is -2.41. The van der Waals surface area contributed by atoms with Crippen molar-refractivity contribution in [3.05, 3.63) is 71.6 Å². The zero-order chi connectivity index (χ0) is 19.8. The van der Waals surface area contributed by atoms with Gasteiger partial charge in [0.2, 0.25) is 0 Å². The third kappa shape index (κ3) is 6.64. The number of halogens is 2. The first-order valence-electron chi connectivity index (χ1n) is 10.3. The smallest absolute Gasteiger partial charge is 1.00 e. The molecule has 1 aromatic rings. The maximum absolute atomic E-state index is 2.70. The molecule has 0 aliphatic heterocycles. The molecule has 0 bridgehead atoms. The first kappa shape index (κ1) is 27.3. The maximum atomic E-state index is 2.70. The van der Waals surface area contributed by atoms with Crippen molar-refractivity contribution in [3.8, 4) is 0 Å². The van der Waals surface area contributed by atoms with Gasteiger partial charge in [0.25, 0.3) is 0 Å². The number of allylic oxidation sites excluding steroid dienone is 8. The Morgan fingerprint density at radius 1 is 0.724 bits per heavy atom. The van der Waals surface area contributed by atoms with Gasteiger partial charge in [0.05, 0.1) is 0 Å². The van der Waals surface area contributed by atoms with E-state index in [0.29, 0.717) is 0 Å². The first-order chi connectivity index (χ1) is 12.6. The van der Waals surface area contributed by atoms with Gasteiger partial charge in [-0.05, 0) is 0 Å². The van der Waals surface area contributed by atoms with Crippen LogP contribution in [-0.2, 0) is 20.9 Å². The quantitative estimate of drug-likeness (QED) is 0.434. The van der Waals surface area contributed by atoms with Gasteiger partial charge < -0.3 is 24.8 Å². The fourth-order valence-corrected chi connectivity index (χ4v) is 28.3. The Bertz CT molecular complexity index is 780. The summed E-state index contributed by atoms with van der Waals surface area (Å²) >= 11 is -1.81. The monoisotopic (exact) mass is 555 g/mol. The van der Waals surface area contributed by atoms with E-state index in [1.165, 1.54) is 12.8 Å². The van der Waals surface area contributed by atoms with Crippen molar-refractivity contribution in [2.45, 2.75) is 58.7 Å². The zero-order valence-corrected chi connectivity index (χ0v) is 26.1. The van der Waals surface area contributed by atoms with Crippen molar-refractivity contribution < 1.29 is 45.7 Å². The van der Waals surface area contributed by atoms with E-state index in [2.05, 4.69) is 100 Å². The summed E-state index contributed by atoms with van der Waals surface area (Å²) in [5.74, 6) is -0.920. The van der Waals surface area contributed by atoms with E-state index in [1.807, 2.05) is 6.56 Å². The summed E-state index contributed by atoms with van der Waals surface area (Å²) in [6, 6.07) is 11.5. The Kier molecular flexibility index (Phi) is 10.1. The van der Waals surface area contributed by atoms with E-state index in [4.69, 9.17) is 0 Å². The number of hydrogen-bond acceptors (Lipinski definition) is 0. The van der Waals surface area contributed by atoms with Crippen molar-refractivity contribution >= 4 is 27.3 Å². The van der Waals surface area contributed by atoms with Gasteiger partial charge in [-0.25, -0.2) is 0 Å². The molecule has 0 N–H and O–H groups in total. The average Bonchev–Trinajstić information content (AvgIpc) is 3.25. The molecular formula is C23H35Cl2Si3Zr. The second-order valence-corrected chi connectivity index (χ2v) is 37.4. The topological polar surface area (TPSA) is 0 Å². The van der Waals surface area contributed by atoms with E-state index in [0.717, 1.165) is 0 Å². The molecule has 0 fully saturated rings. The predicted molar refractivity (Wildman–Crippen MR) is 127 cm³/mol. The molecule has 0 saturated carbocycles. The summed E-state index contributed by atoms with van der Waals surface area (Å²) < 4.78 is 3.80. The average molecular weight is 558 g/mol. The summed E-state index contributed by atoms with van der Waals surface area (Å²) in [6.07, 6.45) is 13.1. The summed E-state index contributed by atoms with van der Waals surface area (Å²) in [6.45, 7) is 17.7. The molecule has 0 saturated heterocycles. The minimum Gasteiger partial charge on any atom is -1.00 e. The van der Waals surface area contributed by atoms with E-state index in [-0.39, 0.29) is 24.8 Å². The molecule has 0 aromatic heterocycles. The summed E-state index contributed by atoms with van der Waals surface area (Å²) in [4.78, 5) is 0. The van der Waals surface area contributed by atoms with E-state index < -0.39 is 43.0 Å². The SMILES string of the molecule is C[SiH](c1ccccc1)[Zr+2]([C]1=CC([Si](C)(C)C)=CC1)[C]1=CC([Si](C)(C)C)=CC1.[Cl-].[Cl-]. The Labute approximate surface area is 201 Å². The van der Waals surface area contributed by atoms with Crippen LogP contribution in [0.3, 0.4) is 0 Å². The molecule has 0 heterocycles. The minimum atomic E-state index is -1.81. The van der Waals surface area contributed by atoms with Gasteiger partial charge in [0.15, 0.2) is 0 Å². The van der Waals surface area contributed by atoms with Crippen LogP contribution in [-0.4, -0.2) is 22.1 Å². The van der Waals surface area contributed by atoms with Gasteiger partial charge in [-0.2, -0.15) is 0 Å². The van der Waals surface area contributed by atoms with Crippen molar-refractivity contribution in [2.75, 3.05) is 0 Å². The maximum Gasteiger partial charge on any atom is -1.00 e. The zero-order valence-electron chi connectivity index (χ0n) is 18.9. The van der Waals surface area contributed by atoms with Gasteiger partial charge >= 0.3 is 178 Å². The van der Waals surface area contributed by atoms with Crippen LogP contribution in [0, 0.1) is 0 Å². The molecule has 0 spiro atoms. The summed E-state index contributed by atoms with van der Waals surface area (Å²) in [5, 5.41) is 5.11. The molecule has 0 amide bonds. The van der Waals surface area contributed by atoms with E-state index in [9.17, 15) is 0 Å². The van der Waals surface area contributed by atoms with Crippen molar-refractivity contribution in [2.24, 2.45) is 0 Å². The number of rotatable bonds is 6. The third-order valence-corrected chi connectivity index (χ3v) is 30.7. The van der Waals surface area contributed by atoms with E-state index in [1.54, 1.807) is 15.6 Å². The Morgan fingerprint density at radius 2 is 1.14 bits per heavy atom. The molecule has 2 aliphatic carbocycles. The Balaban J connectivity index is 0.00000210. The van der Waals surface area contributed by atoms with E-state index >= 15 is 0 Å². The fraction of sp³-hybridized carbons (Fsp3) is 0.391.